The Hall–Kier alpha value is -1.37. The largest absolute Gasteiger partial charge is 0.241 e. The second-order valence-corrected chi connectivity index (χ2v) is 4.89. The molecular weight excluding hydrogens is 240 g/mol. The van der Waals surface area contributed by atoms with E-state index < -0.39 is 0 Å². The van der Waals surface area contributed by atoms with Crippen LogP contribution in [0.1, 0.15) is 10.6 Å². The SMILES string of the molecule is Cc1nc(-c2ccc(Cl)cc2)sc1CC#N. The Bertz CT molecular complexity index is 537. The van der Waals surface area contributed by atoms with Gasteiger partial charge < -0.3 is 0 Å². The van der Waals surface area contributed by atoms with E-state index in [9.17, 15) is 0 Å². The fourth-order valence-electron chi connectivity index (χ4n) is 1.38. The molecule has 0 bridgehead atoms. The number of benzene rings is 1. The second-order valence-electron chi connectivity index (χ2n) is 3.37. The molecule has 0 spiro atoms. The Morgan fingerprint density at radius 3 is 2.69 bits per heavy atom. The number of aryl methyl sites for hydroxylation is 1. The molecule has 0 amide bonds. The average Bonchev–Trinajstić information content (AvgIpc) is 2.62. The second kappa shape index (κ2) is 4.65. The number of halogens is 1. The van der Waals surface area contributed by atoms with Crippen LogP contribution in [0.4, 0.5) is 0 Å². The van der Waals surface area contributed by atoms with Crippen LogP contribution in [0.2, 0.25) is 5.02 Å². The van der Waals surface area contributed by atoms with Crippen molar-refractivity contribution in [2.75, 3.05) is 0 Å². The zero-order valence-corrected chi connectivity index (χ0v) is 10.3. The molecule has 0 atom stereocenters. The highest BCUT2D eigenvalue weighted by molar-refractivity contribution is 7.15. The van der Waals surface area contributed by atoms with Gasteiger partial charge in [0.15, 0.2) is 0 Å². The molecule has 4 heteroatoms. The Morgan fingerprint density at radius 2 is 2.06 bits per heavy atom. The van der Waals surface area contributed by atoms with E-state index in [1.807, 2.05) is 31.2 Å². The molecule has 1 aromatic carbocycles. The smallest absolute Gasteiger partial charge is 0.123 e. The minimum Gasteiger partial charge on any atom is -0.241 e. The summed E-state index contributed by atoms with van der Waals surface area (Å²) < 4.78 is 0. The predicted octanol–water partition coefficient (Wildman–Crippen LogP) is 3.84. The third-order valence-electron chi connectivity index (χ3n) is 2.22. The zero-order valence-electron chi connectivity index (χ0n) is 8.70. The van der Waals surface area contributed by atoms with E-state index in [1.54, 1.807) is 11.3 Å². The van der Waals surface area contributed by atoms with Crippen LogP contribution in [0.15, 0.2) is 24.3 Å². The monoisotopic (exact) mass is 248 g/mol. The first kappa shape index (κ1) is 11.1. The van der Waals surface area contributed by atoms with Crippen molar-refractivity contribution in [3.05, 3.63) is 39.9 Å². The number of thiazole rings is 1. The number of nitrogens with zero attached hydrogens (tertiary/aromatic N) is 2. The minimum absolute atomic E-state index is 0.428. The van der Waals surface area contributed by atoms with Gasteiger partial charge in [-0.15, -0.1) is 11.3 Å². The summed E-state index contributed by atoms with van der Waals surface area (Å²) in [5.74, 6) is 0. The molecule has 2 aromatic rings. The normalized spacial score (nSPS) is 10.1. The van der Waals surface area contributed by atoms with Crippen LogP contribution in [0.25, 0.3) is 10.6 Å². The maximum absolute atomic E-state index is 8.67. The zero-order chi connectivity index (χ0) is 11.5. The molecule has 2 nitrogen and oxygen atoms in total. The van der Waals surface area contributed by atoms with Gasteiger partial charge in [0.05, 0.1) is 18.2 Å². The number of hydrogen-bond donors (Lipinski definition) is 0. The van der Waals surface area contributed by atoms with Gasteiger partial charge in [0.1, 0.15) is 5.01 Å². The summed E-state index contributed by atoms with van der Waals surface area (Å²) in [6.45, 7) is 1.93. The Labute approximate surface area is 103 Å². The van der Waals surface area contributed by atoms with Gasteiger partial charge in [-0.2, -0.15) is 5.26 Å². The van der Waals surface area contributed by atoms with Gasteiger partial charge in [0, 0.05) is 15.5 Å². The van der Waals surface area contributed by atoms with Crippen LogP contribution in [-0.4, -0.2) is 4.98 Å². The van der Waals surface area contributed by atoms with Crippen molar-refractivity contribution in [2.45, 2.75) is 13.3 Å². The highest BCUT2D eigenvalue weighted by atomic mass is 35.5. The number of nitriles is 1. The van der Waals surface area contributed by atoms with Crippen LogP contribution < -0.4 is 0 Å². The highest BCUT2D eigenvalue weighted by Gasteiger charge is 2.08. The van der Waals surface area contributed by atoms with Crippen molar-refractivity contribution in [1.82, 2.24) is 4.98 Å². The van der Waals surface area contributed by atoms with E-state index >= 15 is 0 Å². The van der Waals surface area contributed by atoms with Gasteiger partial charge in [-0.1, -0.05) is 23.7 Å². The molecule has 2 rings (SSSR count). The lowest BCUT2D eigenvalue weighted by atomic mass is 10.2. The summed E-state index contributed by atoms with van der Waals surface area (Å²) in [6.07, 6.45) is 0.428. The summed E-state index contributed by atoms with van der Waals surface area (Å²) in [5.41, 5.74) is 1.98. The molecule has 0 aliphatic carbocycles. The van der Waals surface area contributed by atoms with E-state index in [0.29, 0.717) is 11.4 Å². The number of hydrogen-bond acceptors (Lipinski definition) is 3. The van der Waals surface area contributed by atoms with Crippen LogP contribution in [0.5, 0.6) is 0 Å². The quantitative estimate of drug-likeness (QED) is 0.810. The lowest BCUT2D eigenvalue weighted by Gasteiger charge is -1.95. The van der Waals surface area contributed by atoms with Gasteiger partial charge in [-0.25, -0.2) is 4.98 Å². The van der Waals surface area contributed by atoms with Gasteiger partial charge in [-0.3, -0.25) is 0 Å². The fourth-order valence-corrected chi connectivity index (χ4v) is 2.51. The molecular formula is C12H9ClN2S. The van der Waals surface area contributed by atoms with Gasteiger partial charge in [-0.05, 0) is 19.1 Å². The standard InChI is InChI=1S/C12H9ClN2S/c1-8-11(6-7-14)16-12(15-8)9-2-4-10(13)5-3-9/h2-5H,6H2,1H3. The van der Waals surface area contributed by atoms with Crippen molar-refractivity contribution in [2.24, 2.45) is 0 Å². The molecule has 0 aliphatic rings. The maximum atomic E-state index is 8.67. The lowest BCUT2D eigenvalue weighted by Crippen LogP contribution is -1.79. The molecule has 0 aliphatic heterocycles. The highest BCUT2D eigenvalue weighted by Crippen LogP contribution is 2.28. The number of aromatic nitrogens is 1. The van der Waals surface area contributed by atoms with E-state index in [2.05, 4.69) is 11.1 Å². The third-order valence-corrected chi connectivity index (χ3v) is 3.68. The van der Waals surface area contributed by atoms with Crippen LogP contribution in [0.3, 0.4) is 0 Å². The van der Waals surface area contributed by atoms with Gasteiger partial charge in [0.25, 0.3) is 0 Å². The summed E-state index contributed by atoms with van der Waals surface area (Å²) in [4.78, 5) is 5.49. The summed E-state index contributed by atoms with van der Waals surface area (Å²) in [5, 5.41) is 10.3. The molecule has 0 unspecified atom stereocenters. The van der Waals surface area contributed by atoms with Crippen LogP contribution in [0, 0.1) is 18.3 Å². The molecule has 16 heavy (non-hydrogen) atoms. The molecule has 80 valence electrons. The number of rotatable bonds is 2. The topological polar surface area (TPSA) is 36.7 Å². The average molecular weight is 249 g/mol. The van der Waals surface area contributed by atoms with Gasteiger partial charge >= 0.3 is 0 Å². The van der Waals surface area contributed by atoms with E-state index in [1.165, 1.54) is 0 Å². The minimum atomic E-state index is 0.428. The first-order chi connectivity index (χ1) is 7.70. The first-order valence-corrected chi connectivity index (χ1v) is 5.99. The van der Waals surface area contributed by atoms with E-state index in [-0.39, 0.29) is 0 Å². The lowest BCUT2D eigenvalue weighted by molar-refractivity contribution is 1.18. The van der Waals surface area contributed by atoms with Crippen molar-refractivity contribution < 1.29 is 0 Å². The molecule has 0 saturated carbocycles. The van der Waals surface area contributed by atoms with E-state index in [4.69, 9.17) is 16.9 Å². The fraction of sp³-hybridized carbons (Fsp3) is 0.167. The maximum Gasteiger partial charge on any atom is 0.123 e. The molecule has 0 radical (unpaired) electrons. The molecule has 1 heterocycles. The van der Waals surface area contributed by atoms with E-state index in [0.717, 1.165) is 21.1 Å². The van der Waals surface area contributed by atoms with Crippen molar-refractivity contribution in [3.8, 4) is 16.6 Å². The predicted molar refractivity (Wildman–Crippen MR) is 66.6 cm³/mol. The molecule has 1 aromatic heterocycles. The Morgan fingerprint density at radius 1 is 1.38 bits per heavy atom. The van der Waals surface area contributed by atoms with Crippen LogP contribution in [-0.2, 0) is 6.42 Å². The Kier molecular flexibility index (Phi) is 3.23. The van der Waals surface area contributed by atoms with Crippen molar-refractivity contribution in [1.29, 1.82) is 5.26 Å². The van der Waals surface area contributed by atoms with Gasteiger partial charge in [0.2, 0.25) is 0 Å². The van der Waals surface area contributed by atoms with Crippen molar-refractivity contribution >= 4 is 22.9 Å². The first-order valence-electron chi connectivity index (χ1n) is 4.80. The Balaban J connectivity index is 2.38. The summed E-state index contributed by atoms with van der Waals surface area (Å²) in [7, 11) is 0. The summed E-state index contributed by atoms with van der Waals surface area (Å²) >= 11 is 7.39. The summed E-state index contributed by atoms with van der Waals surface area (Å²) in [6, 6.07) is 9.72. The molecule has 0 N–H and O–H groups in total. The molecule has 0 fully saturated rings. The molecule has 0 saturated heterocycles. The third kappa shape index (κ3) is 2.24. The van der Waals surface area contributed by atoms with Crippen molar-refractivity contribution in [3.63, 3.8) is 0 Å². The van der Waals surface area contributed by atoms with Crippen LogP contribution >= 0.6 is 22.9 Å².